The van der Waals surface area contributed by atoms with Gasteiger partial charge in [0.05, 0.1) is 28.9 Å². The molecule has 2 fully saturated rings. The number of sulfone groups is 1. The van der Waals surface area contributed by atoms with Crippen LogP contribution in [0.2, 0.25) is 0 Å². The monoisotopic (exact) mass is 499 g/mol. The SMILES string of the molecule is CCOc1ccccc1N1CC(C(=O)NC2CCN(c3ccc(S(=O)(=O)CC)cc3)CC2)CC1=O. The Balaban J connectivity index is 1.31. The molecule has 2 amide bonds. The number of hydrogen-bond donors (Lipinski definition) is 1. The van der Waals surface area contributed by atoms with E-state index < -0.39 is 9.84 Å². The van der Waals surface area contributed by atoms with Gasteiger partial charge in [-0.05, 0) is 56.2 Å². The molecule has 1 atom stereocenters. The summed E-state index contributed by atoms with van der Waals surface area (Å²) < 4.78 is 29.7. The number of amides is 2. The van der Waals surface area contributed by atoms with Crippen LogP contribution in [0.15, 0.2) is 53.4 Å². The average molecular weight is 500 g/mol. The van der Waals surface area contributed by atoms with Crippen molar-refractivity contribution >= 4 is 33.0 Å². The second-order valence-corrected chi connectivity index (χ2v) is 11.3. The molecule has 2 aliphatic heterocycles. The van der Waals surface area contributed by atoms with E-state index in [1.165, 1.54) is 0 Å². The van der Waals surface area contributed by atoms with Crippen LogP contribution in [0, 0.1) is 5.92 Å². The van der Waals surface area contributed by atoms with Crippen molar-refractivity contribution in [1.82, 2.24) is 5.32 Å². The van der Waals surface area contributed by atoms with E-state index in [-0.39, 0.29) is 35.9 Å². The minimum atomic E-state index is -3.21. The Morgan fingerprint density at radius 3 is 2.40 bits per heavy atom. The third-order valence-electron chi connectivity index (χ3n) is 6.73. The molecule has 0 radical (unpaired) electrons. The van der Waals surface area contributed by atoms with Gasteiger partial charge in [-0.3, -0.25) is 9.59 Å². The van der Waals surface area contributed by atoms with Gasteiger partial charge in [-0.2, -0.15) is 0 Å². The second-order valence-electron chi connectivity index (χ2n) is 8.97. The highest BCUT2D eigenvalue weighted by molar-refractivity contribution is 7.91. The summed E-state index contributed by atoms with van der Waals surface area (Å²) in [5.74, 6) is 0.198. The van der Waals surface area contributed by atoms with E-state index in [2.05, 4.69) is 10.2 Å². The maximum Gasteiger partial charge on any atom is 0.227 e. The largest absolute Gasteiger partial charge is 0.492 e. The molecule has 2 aromatic carbocycles. The van der Waals surface area contributed by atoms with Crippen LogP contribution < -0.4 is 19.9 Å². The topological polar surface area (TPSA) is 96.0 Å². The van der Waals surface area contributed by atoms with Crippen molar-refractivity contribution in [3.8, 4) is 5.75 Å². The Kier molecular flexibility index (Phi) is 7.64. The van der Waals surface area contributed by atoms with E-state index >= 15 is 0 Å². The molecule has 2 aromatic rings. The minimum absolute atomic E-state index is 0.0540. The number of piperidine rings is 1. The van der Waals surface area contributed by atoms with Gasteiger partial charge in [0.15, 0.2) is 9.84 Å². The Morgan fingerprint density at radius 1 is 1.06 bits per heavy atom. The summed E-state index contributed by atoms with van der Waals surface area (Å²) in [4.78, 5) is 29.9. The number of anilines is 2. The van der Waals surface area contributed by atoms with Gasteiger partial charge in [0.1, 0.15) is 5.75 Å². The van der Waals surface area contributed by atoms with Crippen LogP contribution in [0.3, 0.4) is 0 Å². The van der Waals surface area contributed by atoms with Gasteiger partial charge < -0.3 is 19.9 Å². The molecule has 2 aliphatic rings. The minimum Gasteiger partial charge on any atom is -0.492 e. The van der Waals surface area contributed by atoms with E-state index in [0.717, 1.165) is 31.6 Å². The molecule has 1 unspecified atom stereocenters. The first-order valence-corrected chi connectivity index (χ1v) is 13.9. The molecular weight excluding hydrogens is 466 g/mol. The third-order valence-corrected chi connectivity index (χ3v) is 8.48. The molecule has 0 bridgehead atoms. The molecule has 188 valence electrons. The first kappa shape index (κ1) is 25.0. The molecule has 0 aliphatic carbocycles. The fourth-order valence-electron chi connectivity index (χ4n) is 4.71. The highest BCUT2D eigenvalue weighted by Gasteiger charge is 2.37. The number of nitrogens with zero attached hydrogens (tertiary/aromatic N) is 2. The normalized spacial score (nSPS) is 19.1. The Labute approximate surface area is 207 Å². The van der Waals surface area contributed by atoms with E-state index in [0.29, 0.717) is 29.5 Å². The fourth-order valence-corrected chi connectivity index (χ4v) is 5.59. The summed E-state index contributed by atoms with van der Waals surface area (Å²) in [5, 5.41) is 3.15. The van der Waals surface area contributed by atoms with E-state index in [9.17, 15) is 18.0 Å². The van der Waals surface area contributed by atoms with Crippen LogP contribution >= 0.6 is 0 Å². The molecule has 9 heteroatoms. The lowest BCUT2D eigenvalue weighted by Crippen LogP contribution is -2.46. The summed E-state index contributed by atoms with van der Waals surface area (Å²) >= 11 is 0. The lowest BCUT2D eigenvalue weighted by molar-refractivity contribution is -0.127. The lowest BCUT2D eigenvalue weighted by Gasteiger charge is -2.34. The van der Waals surface area contributed by atoms with Gasteiger partial charge in [-0.1, -0.05) is 19.1 Å². The Hall–Kier alpha value is -3.07. The molecular formula is C26H33N3O5S. The Bertz CT molecular complexity index is 1160. The lowest BCUT2D eigenvalue weighted by atomic mass is 10.0. The maximum absolute atomic E-state index is 13.0. The van der Waals surface area contributed by atoms with E-state index in [1.54, 1.807) is 24.0 Å². The van der Waals surface area contributed by atoms with E-state index in [1.807, 2.05) is 43.3 Å². The third kappa shape index (κ3) is 5.61. The molecule has 2 heterocycles. The number of carbonyl (C=O) groups excluding carboxylic acids is 2. The number of hydrogen-bond acceptors (Lipinski definition) is 6. The van der Waals surface area contributed by atoms with Gasteiger partial charge in [0.25, 0.3) is 0 Å². The zero-order valence-electron chi connectivity index (χ0n) is 20.3. The quantitative estimate of drug-likeness (QED) is 0.600. The predicted octanol–water partition coefficient (Wildman–Crippen LogP) is 3.02. The smallest absolute Gasteiger partial charge is 0.227 e. The van der Waals surface area contributed by atoms with Crippen LogP contribution in [0.25, 0.3) is 0 Å². The van der Waals surface area contributed by atoms with Crippen molar-refractivity contribution in [2.75, 3.05) is 41.8 Å². The van der Waals surface area contributed by atoms with E-state index in [4.69, 9.17) is 4.74 Å². The molecule has 1 N–H and O–H groups in total. The fraction of sp³-hybridized carbons (Fsp3) is 0.462. The average Bonchev–Trinajstić information content (AvgIpc) is 3.26. The molecule has 0 spiro atoms. The van der Waals surface area contributed by atoms with Crippen LogP contribution in [0.1, 0.15) is 33.1 Å². The highest BCUT2D eigenvalue weighted by Crippen LogP contribution is 2.33. The number of para-hydroxylation sites is 2. The van der Waals surface area contributed by atoms with Crippen molar-refractivity contribution in [3.05, 3.63) is 48.5 Å². The molecule has 2 saturated heterocycles. The van der Waals surface area contributed by atoms with Gasteiger partial charge in [0.2, 0.25) is 11.8 Å². The molecule has 35 heavy (non-hydrogen) atoms. The van der Waals surface area contributed by atoms with Gasteiger partial charge in [-0.15, -0.1) is 0 Å². The number of carbonyl (C=O) groups is 2. The summed E-state index contributed by atoms with van der Waals surface area (Å²) in [6.07, 6.45) is 1.77. The molecule has 0 saturated carbocycles. The van der Waals surface area contributed by atoms with Crippen molar-refractivity contribution in [2.24, 2.45) is 5.92 Å². The summed E-state index contributed by atoms with van der Waals surface area (Å²) in [7, 11) is -3.21. The molecule has 4 rings (SSSR count). The van der Waals surface area contributed by atoms with Gasteiger partial charge in [-0.25, -0.2) is 8.42 Å². The number of benzene rings is 2. The van der Waals surface area contributed by atoms with Crippen molar-refractivity contribution < 1.29 is 22.7 Å². The summed E-state index contributed by atoms with van der Waals surface area (Å²) in [5.41, 5.74) is 1.69. The highest BCUT2D eigenvalue weighted by atomic mass is 32.2. The van der Waals surface area contributed by atoms with Gasteiger partial charge >= 0.3 is 0 Å². The predicted molar refractivity (Wildman–Crippen MR) is 136 cm³/mol. The molecule has 8 nitrogen and oxygen atoms in total. The Morgan fingerprint density at radius 2 is 1.74 bits per heavy atom. The van der Waals surface area contributed by atoms with Crippen molar-refractivity contribution in [3.63, 3.8) is 0 Å². The standard InChI is InChI=1S/C26H33N3O5S/c1-3-34-24-8-6-5-7-23(24)29-18-19(17-25(29)30)26(31)27-20-13-15-28(16-14-20)21-9-11-22(12-10-21)35(32,33)4-2/h5-12,19-20H,3-4,13-18H2,1-2H3,(H,27,31). The number of nitrogens with one attached hydrogen (secondary N) is 1. The second kappa shape index (κ2) is 10.7. The first-order valence-electron chi connectivity index (χ1n) is 12.2. The van der Waals surface area contributed by atoms with Gasteiger partial charge in [0, 0.05) is 37.8 Å². The van der Waals surface area contributed by atoms with Crippen LogP contribution in [-0.4, -0.2) is 58.3 Å². The number of rotatable bonds is 8. The van der Waals surface area contributed by atoms with Crippen LogP contribution in [0.5, 0.6) is 5.75 Å². The maximum atomic E-state index is 13.0. The van der Waals surface area contributed by atoms with Crippen molar-refractivity contribution in [2.45, 2.75) is 44.0 Å². The van der Waals surface area contributed by atoms with Crippen molar-refractivity contribution in [1.29, 1.82) is 0 Å². The van der Waals surface area contributed by atoms with Crippen LogP contribution in [-0.2, 0) is 19.4 Å². The molecule has 0 aromatic heterocycles. The zero-order valence-corrected chi connectivity index (χ0v) is 21.1. The summed E-state index contributed by atoms with van der Waals surface area (Å²) in [6.45, 7) is 5.92. The summed E-state index contributed by atoms with van der Waals surface area (Å²) in [6, 6.07) is 14.5. The number of ether oxygens (including phenoxy) is 1. The first-order chi connectivity index (χ1) is 16.8. The van der Waals surface area contributed by atoms with Crippen LogP contribution in [0.4, 0.5) is 11.4 Å². The zero-order chi connectivity index (χ0) is 25.0.